The van der Waals surface area contributed by atoms with Crippen molar-refractivity contribution < 1.29 is 9.47 Å². The van der Waals surface area contributed by atoms with Gasteiger partial charge in [0.1, 0.15) is 0 Å². The molecule has 1 aromatic heterocycles. The van der Waals surface area contributed by atoms with Crippen molar-refractivity contribution in [1.82, 2.24) is 9.78 Å². The number of aryl methyl sites for hydroxylation is 1. The molecule has 1 aliphatic heterocycles. The summed E-state index contributed by atoms with van der Waals surface area (Å²) in [5.41, 5.74) is 6.26. The van der Waals surface area contributed by atoms with Crippen molar-refractivity contribution in [3.8, 4) is 0 Å². The molecule has 15 heavy (non-hydrogen) atoms. The van der Waals surface area contributed by atoms with Crippen LogP contribution in [0.25, 0.3) is 0 Å². The number of rotatable bonds is 5. The smallest absolute Gasteiger partial charge is 0.0830 e. The van der Waals surface area contributed by atoms with E-state index >= 15 is 0 Å². The lowest BCUT2D eigenvalue weighted by atomic mass is 10.3. The molecule has 0 radical (unpaired) electrons. The van der Waals surface area contributed by atoms with Crippen molar-refractivity contribution in [3.05, 3.63) is 12.4 Å². The molecule has 1 unspecified atom stereocenters. The SMILES string of the molecule is Nc1cnn(CCCOC2CCOC2)c1. The zero-order valence-electron chi connectivity index (χ0n) is 8.76. The van der Waals surface area contributed by atoms with Crippen LogP contribution in [-0.4, -0.2) is 35.7 Å². The molecule has 2 N–H and O–H groups in total. The first-order chi connectivity index (χ1) is 7.34. The van der Waals surface area contributed by atoms with E-state index in [-0.39, 0.29) is 0 Å². The van der Waals surface area contributed by atoms with Crippen molar-refractivity contribution in [1.29, 1.82) is 0 Å². The van der Waals surface area contributed by atoms with Gasteiger partial charge in [0.2, 0.25) is 0 Å². The van der Waals surface area contributed by atoms with E-state index < -0.39 is 0 Å². The third-order valence-corrected chi connectivity index (χ3v) is 2.43. The van der Waals surface area contributed by atoms with Gasteiger partial charge in [-0.1, -0.05) is 0 Å². The molecule has 1 aromatic rings. The molecule has 0 saturated carbocycles. The summed E-state index contributed by atoms with van der Waals surface area (Å²) in [6, 6.07) is 0. The Hall–Kier alpha value is -1.07. The maximum atomic E-state index is 5.63. The van der Waals surface area contributed by atoms with Gasteiger partial charge in [-0.2, -0.15) is 5.10 Å². The van der Waals surface area contributed by atoms with Gasteiger partial charge in [-0.15, -0.1) is 0 Å². The number of ether oxygens (including phenoxy) is 2. The molecule has 1 aliphatic rings. The standard InChI is InChI=1S/C10H17N3O2/c11-9-6-12-13(7-9)3-1-4-15-10-2-5-14-8-10/h6-7,10H,1-5,8,11H2. The fraction of sp³-hybridized carbons (Fsp3) is 0.700. The summed E-state index contributed by atoms with van der Waals surface area (Å²) < 4.78 is 12.7. The van der Waals surface area contributed by atoms with Crippen LogP contribution in [-0.2, 0) is 16.0 Å². The molecule has 0 bridgehead atoms. The molecule has 1 atom stereocenters. The van der Waals surface area contributed by atoms with Crippen molar-refractivity contribution in [2.45, 2.75) is 25.5 Å². The van der Waals surface area contributed by atoms with Crippen molar-refractivity contribution in [2.24, 2.45) is 0 Å². The first-order valence-electron chi connectivity index (χ1n) is 5.32. The Morgan fingerprint density at radius 2 is 2.60 bits per heavy atom. The van der Waals surface area contributed by atoms with Crippen LogP contribution < -0.4 is 5.73 Å². The molecule has 1 saturated heterocycles. The lowest BCUT2D eigenvalue weighted by Crippen LogP contribution is -2.14. The highest BCUT2D eigenvalue weighted by Crippen LogP contribution is 2.08. The summed E-state index contributed by atoms with van der Waals surface area (Å²) in [6.45, 7) is 3.19. The summed E-state index contributed by atoms with van der Waals surface area (Å²) in [5.74, 6) is 0. The summed E-state index contributed by atoms with van der Waals surface area (Å²) >= 11 is 0. The molecule has 0 spiro atoms. The van der Waals surface area contributed by atoms with Crippen molar-refractivity contribution >= 4 is 5.69 Å². The molecule has 5 nitrogen and oxygen atoms in total. The molecule has 1 fully saturated rings. The number of hydrogen-bond donors (Lipinski definition) is 1. The minimum Gasteiger partial charge on any atom is -0.396 e. The van der Waals surface area contributed by atoms with Crippen molar-refractivity contribution in [3.63, 3.8) is 0 Å². The lowest BCUT2D eigenvalue weighted by Gasteiger charge is -2.09. The highest BCUT2D eigenvalue weighted by atomic mass is 16.5. The lowest BCUT2D eigenvalue weighted by molar-refractivity contribution is 0.0396. The number of anilines is 1. The highest BCUT2D eigenvalue weighted by Gasteiger charge is 2.15. The van der Waals surface area contributed by atoms with Crippen LogP contribution in [0.1, 0.15) is 12.8 Å². The molecule has 0 amide bonds. The Morgan fingerprint density at radius 3 is 3.27 bits per heavy atom. The molecule has 0 aromatic carbocycles. The van der Waals surface area contributed by atoms with Crippen LogP contribution in [0.4, 0.5) is 5.69 Å². The zero-order chi connectivity index (χ0) is 10.5. The van der Waals surface area contributed by atoms with E-state index in [9.17, 15) is 0 Å². The van der Waals surface area contributed by atoms with Crippen LogP contribution in [0.15, 0.2) is 12.4 Å². The second kappa shape index (κ2) is 5.14. The minimum atomic E-state index is 0.299. The summed E-state index contributed by atoms with van der Waals surface area (Å²) in [4.78, 5) is 0. The van der Waals surface area contributed by atoms with Crippen LogP contribution >= 0.6 is 0 Å². The van der Waals surface area contributed by atoms with Gasteiger partial charge < -0.3 is 15.2 Å². The van der Waals surface area contributed by atoms with Gasteiger partial charge in [0.15, 0.2) is 0 Å². The Labute approximate surface area is 89.2 Å². The molecular formula is C10H17N3O2. The number of hydrogen-bond acceptors (Lipinski definition) is 4. The van der Waals surface area contributed by atoms with Gasteiger partial charge in [-0.25, -0.2) is 0 Å². The Morgan fingerprint density at radius 1 is 1.67 bits per heavy atom. The van der Waals surface area contributed by atoms with Crippen molar-refractivity contribution in [2.75, 3.05) is 25.6 Å². The Bertz CT molecular complexity index is 295. The van der Waals surface area contributed by atoms with Gasteiger partial charge >= 0.3 is 0 Å². The van der Waals surface area contributed by atoms with E-state index in [1.165, 1.54) is 0 Å². The Kier molecular flexibility index (Phi) is 3.58. The molecular weight excluding hydrogens is 194 g/mol. The zero-order valence-corrected chi connectivity index (χ0v) is 8.76. The largest absolute Gasteiger partial charge is 0.396 e. The third-order valence-electron chi connectivity index (χ3n) is 2.43. The Balaban J connectivity index is 1.58. The maximum Gasteiger partial charge on any atom is 0.0830 e. The fourth-order valence-corrected chi connectivity index (χ4v) is 1.62. The summed E-state index contributed by atoms with van der Waals surface area (Å²) in [7, 11) is 0. The average molecular weight is 211 g/mol. The number of nitrogens with two attached hydrogens (primary N) is 1. The van der Waals surface area contributed by atoms with E-state index in [1.807, 2.05) is 10.9 Å². The van der Waals surface area contributed by atoms with Gasteiger partial charge in [-0.3, -0.25) is 4.68 Å². The predicted octanol–water partition coefficient (Wildman–Crippen LogP) is 0.661. The van der Waals surface area contributed by atoms with E-state index in [1.54, 1.807) is 6.20 Å². The van der Waals surface area contributed by atoms with Crippen LogP contribution in [0.5, 0.6) is 0 Å². The topological polar surface area (TPSA) is 62.3 Å². The monoisotopic (exact) mass is 211 g/mol. The van der Waals surface area contributed by atoms with E-state index in [0.29, 0.717) is 11.8 Å². The number of nitrogens with zero attached hydrogens (tertiary/aromatic N) is 2. The van der Waals surface area contributed by atoms with E-state index in [4.69, 9.17) is 15.2 Å². The molecule has 5 heteroatoms. The number of aromatic nitrogens is 2. The minimum absolute atomic E-state index is 0.299. The average Bonchev–Trinajstić information content (AvgIpc) is 2.84. The van der Waals surface area contributed by atoms with Gasteiger partial charge in [-0.05, 0) is 12.8 Å². The predicted molar refractivity (Wildman–Crippen MR) is 56.4 cm³/mol. The summed E-state index contributed by atoms with van der Waals surface area (Å²) in [5, 5.41) is 4.10. The van der Waals surface area contributed by atoms with E-state index in [0.717, 1.165) is 39.2 Å². The molecule has 2 heterocycles. The second-order valence-electron chi connectivity index (χ2n) is 3.75. The summed E-state index contributed by atoms with van der Waals surface area (Å²) in [6.07, 6.45) is 5.77. The van der Waals surface area contributed by atoms with Gasteiger partial charge in [0.25, 0.3) is 0 Å². The third kappa shape index (κ3) is 3.21. The molecule has 84 valence electrons. The second-order valence-corrected chi connectivity index (χ2v) is 3.75. The first-order valence-corrected chi connectivity index (χ1v) is 5.32. The normalized spacial score (nSPS) is 20.9. The van der Waals surface area contributed by atoms with Crippen LogP contribution in [0.2, 0.25) is 0 Å². The quantitative estimate of drug-likeness (QED) is 0.727. The molecule has 0 aliphatic carbocycles. The van der Waals surface area contributed by atoms with Crippen LogP contribution in [0.3, 0.4) is 0 Å². The fourth-order valence-electron chi connectivity index (χ4n) is 1.62. The van der Waals surface area contributed by atoms with Crippen LogP contribution in [0, 0.1) is 0 Å². The number of nitrogen functional groups attached to an aromatic ring is 1. The van der Waals surface area contributed by atoms with Gasteiger partial charge in [0.05, 0.1) is 24.6 Å². The highest BCUT2D eigenvalue weighted by molar-refractivity contribution is 5.30. The first kappa shape index (κ1) is 10.4. The maximum absolute atomic E-state index is 5.63. The van der Waals surface area contributed by atoms with Gasteiger partial charge in [0, 0.05) is 26.0 Å². The van der Waals surface area contributed by atoms with E-state index in [2.05, 4.69) is 5.10 Å². The molecule has 2 rings (SSSR count).